The van der Waals surface area contributed by atoms with E-state index in [0.717, 1.165) is 6.07 Å². The van der Waals surface area contributed by atoms with E-state index >= 15 is 0 Å². The number of nitrogens with two attached hydrogens (primary N) is 1. The molecular weight excluding hydrogens is 387 g/mol. The molecule has 0 saturated heterocycles. The van der Waals surface area contributed by atoms with Gasteiger partial charge in [0, 0.05) is 0 Å². The molecule has 1 aliphatic carbocycles. The summed E-state index contributed by atoms with van der Waals surface area (Å²) in [7, 11) is -2.10. The number of carbonyl (C=O) groups is 1. The van der Waals surface area contributed by atoms with E-state index in [1.54, 1.807) is 6.07 Å². The Bertz CT molecular complexity index is 701. The SMILES string of the molecule is CC(C)(C)[Si](C)(C)O[C@H]1CC[C@H](c2cccc(C(F)(F)F)c2)C[C@@H]1OC(N)=O. The van der Waals surface area contributed by atoms with E-state index < -0.39 is 32.3 Å². The summed E-state index contributed by atoms with van der Waals surface area (Å²) in [5.41, 5.74) is 5.17. The van der Waals surface area contributed by atoms with Crippen LogP contribution >= 0.6 is 0 Å². The highest BCUT2D eigenvalue weighted by atomic mass is 28.4. The van der Waals surface area contributed by atoms with Crippen molar-refractivity contribution in [1.82, 2.24) is 0 Å². The fourth-order valence-electron chi connectivity index (χ4n) is 3.34. The number of primary amides is 1. The molecule has 0 spiro atoms. The van der Waals surface area contributed by atoms with Crippen molar-refractivity contribution in [2.45, 2.75) is 82.5 Å². The molecule has 3 atom stereocenters. The minimum atomic E-state index is -4.39. The first-order chi connectivity index (χ1) is 12.7. The number of halogens is 3. The van der Waals surface area contributed by atoms with Crippen LogP contribution in [0.5, 0.6) is 0 Å². The quantitative estimate of drug-likeness (QED) is 0.627. The smallest absolute Gasteiger partial charge is 0.416 e. The molecule has 28 heavy (non-hydrogen) atoms. The summed E-state index contributed by atoms with van der Waals surface area (Å²) in [4.78, 5) is 11.4. The number of ether oxygens (including phenoxy) is 1. The van der Waals surface area contributed by atoms with Gasteiger partial charge in [-0.05, 0) is 54.9 Å². The summed E-state index contributed by atoms with van der Waals surface area (Å²) in [5.74, 6) is -0.147. The Morgan fingerprint density at radius 1 is 1.14 bits per heavy atom. The summed E-state index contributed by atoms with van der Waals surface area (Å²) in [6.45, 7) is 10.6. The molecule has 1 fully saturated rings. The second-order valence-corrected chi connectivity index (χ2v) is 13.8. The predicted molar refractivity (Wildman–Crippen MR) is 105 cm³/mol. The van der Waals surface area contributed by atoms with E-state index in [1.807, 2.05) is 0 Å². The Morgan fingerprint density at radius 2 is 1.79 bits per heavy atom. The van der Waals surface area contributed by atoms with Gasteiger partial charge >= 0.3 is 12.3 Å². The Labute approximate surface area is 165 Å². The van der Waals surface area contributed by atoms with Crippen molar-refractivity contribution in [3.05, 3.63) is 35.4 Å². The van der Waals surface area contributed by atoms with Crippen LogP contribution in [0.3, 0.4) is 0 Å². The molecular formula is C20H30F3NO3Si. The first-order valence-electron chi connectivity index (χ1n) is 9.52. The molecule has 0 heterocycles. The fraction of sp³-hybridized carbons (Fsp3) is 0.650. The van der Waals surface area contributed by atoms with E-state index in [9.17, 15) is 18.0 Å². The molecule has 0 bridgehead atoms. The highest BCUT2D eigenvalue weighted by Crippen LogP contribution is 2.42. The fourth-order valence-corrected chi connectivity index (χ4v) is 4.72. The van der Waals surface area contributed by atoms with Gasteiger partial charge in [0.05, 0.1) is 11.7 Å². The van der Waals surface area contributed by atoms with Gasteiger partial charge < -0.3 is 14.9 Å². The molecule has 1 aromatic carbocycles. The maximum Gasteiger partial charge on any atom is 0.416 e. The molecule has 8 heteroatoms. The molecule has 2 rings (SSSR count). The summed E-state index contributed by atoms with van der Waals surface area (Å²) in [5, 5.41) is -0.0117. The molecule has 4 nitrogen and oxygen atoms in total. The average molecular weight is 418 g/mol. The van der Waals surface area contributed by atoms with Crippen LogP contribution in [0, 0.1) is 0 Å². The zero-order chi connectivity index (χ0) is 21.3. The Hall–Kier alpha value is -1.54. The lowest BCUT2D eigenvalue weighted by molar-refractivity contribution is -0.137. The Balaban J connectivity index is 2.21. The maximum absolute atomic E-state index is 13.0. The first kappa shape index (κ1) is 22.7. The molecule has 0 aliphatic heterocycles. The molecule has 1 aliphatic rings. The van der Waals surface area contributed by atoms with Gasteiger partial charge in [-0.3, -0.25) is 0 Å². The Kier molecular flexibility index (Phi) is 6.55. The van der Waals surface area contributed by atoms with Crippen LogP contribution in [0.4, 0.5) is 18.0 Å². The van der Waals surface area contributed by atoms with Crippen molar-refractivity contribution in [3.8, 4) is 0 Å². The van der Waals surface area contributed by atoms with E-state index in [1.165, 1.54) is 12.1 Å². The zero-order valence-electron chi connectivity index (χ0n) is 17.1. The highest BCUT2D eigenvalue weighted by Gasteiger charge is 2.43. The zero-order valence-corrected chi connectivity index (χ0v) is 18.1. The largest absolute Gasteiger partial charge is 0.444 e. The summed E-state index contributed by atoms with van der Waals surface area (Å²) in [6, 6.07) is 5.35. The number of benzene rings is 1. The van der Waals surface area contributed by atoms with Crippen molar-refractivity contribution < 1.29 is 27.1 Å². The van der Waals surface area contributed by atoms with E-state index in [-0.39, 0.29) is 17.1 Å². The molecule has 0 radical (unpaired) electrons. The van der Waals surface area contributed by atoms with Gasteiger partial charge in [0.15, 0.2) is 8.32 Å². The van der Waals surface area contributed by atoms with Crippen LogP contribution in [0.2, 0.25) is 18.1 Å². The molecule has 0 aromatic heterocycles. The number of carbonyl (C=O) groups excluding carboxylic acids is 1. The van der Waals surface area contributed by atoms with Crippen LogP contribution in [-0.4, -0.2) is 26.6 Å². The molecule has 158 valence electrons. The van der Waals surface area contributed by atoms with Crippen LogP contribution in [0.15, 0.2) is 24.3 Å². The number of alkyl halides is 3. The standard InChI is InChI=1S/C20H30F3NO3Si/c1-19(2,3)28(4,5)27-16-10-9-14(12-17(16)26-18(24)25)13-7-6-8-15(11-13)20(21,22)23/h6-8,11,14,16-17H,9-10,12H2,1-5H3,(H2,24,25)/t14-,16-,17-/m0/s1. The number of rotatable bonds is 4. The maximum atomic E-state index is 13.0. The lowest BCUT2D eigenvalue weighted by Gasteiger charge is -2.43. The third kappa shape index (κ3) is 5.50. The van der Waals surface area contributed by atoms with Gasteiger partial charge in [-0.1, -0.05) is 39.0 Å². The van der Waals surface area contributed by atoms with Crippen LogP contribution < -0.4 is 5.73 Å². The second-order valence-electron chi connectivity index (χ2n) is 9.03. The van der Waals surface area contributed by atoms with Gasteiger partial charge in [-0.2, -0.15) is 13.2 Å². The van der Waals surface area contributed by atoms with Gasteiger partial charge in [0.1, 0.15) is 6.10 Å². The third-order valence-electron chi connectivity index (χ3n) is 5.94. The number of amides is 1. The van der Waals surface area contributed by atoms with Crippen molar-refractivity contribution in [2.75, 3.05) is 0 Å². The van der Waals surface area contributed by atoms with Crippen molar-refractivity contribution in [3.63, 3.8) is 0 Å². The average Bonchev–Trinajstić information content (AvgIpc) is 2.54. The normalized spacial score (nSPS) is 24.1. The minimum Gasteiger partial charge on any atom is -0.444 e. The van der Waals surface area contributed by atoms with Gasteiger partial charge in [0.25, 0.3) is 0 Å². The summed E-state index contributed by atoms with van der Waals surface area (Å²) >= 11 is 0. The topological polar surface area (TPSA) is 61.6 Å². The molecule has 2 N–H and O–H groups in total. The highest BCUT2D eigenvalue weighted by molar-refractivity contribution is 6.74. The summed E-state index contributed by atoms with van der Waals surface area (Å²) < 4.78 is 50.9. The van der Waals surface area contributed by atoms with Crippen molar-refractivity contribution in [1.29, 1.82) is 0 Å². The lowest BCUT2D eigenvalue weighted by Crippen LogP contribution is -2.50. The van der Waals surface area contributed by atoms with Crippen molar-refractivity contribution >= 4 is 14.4 Å². The Morgan fingerprint density at radius 3 is 2.32 bits per heavy atom. The predicted octanol–water partition coefficient (Wildman–Crippen LogP) is 5.83. The van der Waals surface area contributed by atoms with Crippen molar-refractivity contribution in [2.24, 2.45) is 5.73 Å². The van der Waals surface area contributed by atoms with Crippen LogP contribution in [-0.2, 0) is 15.3 Å². The molecule has 0 unspecified atom stereocenters. The second kappa shape index (κ2) is 8.06. The third-order valence-corrected chi connectivity index (χ3v) is 10.4. The van der Waals surface area contributed by atoms with Gasteiger partial charge in [-0.25, -0.2) is 4.79 Å². The van der Waals surface area contributed by atoms with E-state index in [2.05, 4.69) is 33.9 Å². The van der Waals surface area contributed by atoms with E-state index in [4.69, 9.17) is 14.9 Å². The van der Waals surface area contributed by atoms with Gasteiger partial charge in [0.2, 0.25) is 0 Å². The monoisotopic (exact) mass is 417 g/mol. The molecule has 1 saturated carbocycles. The van der Waals surface area contributed by atoms with Gasteiger partial charge in [-0.15, -0.1) is 0 Å². The number of hydrogen-bond acceptors (Lipinski definition) is 3. The summed E-state index contributed by atoms with van der Waals surface area (Å²) in [6.07, 6.45) is -4.48. The molecule has 1 aromatic rings. The lowest BCUT2D eigenvalue weighted by atomic mass is 9.80. The van der Waals surface area contributed by atoms with E-state index in [0.29, 0.717) is 24.8 Å². The van der Waals surface area contributed by atoms with Crippen LogP contribution in [0.1, 0.15) is 57.1 Å². The minimum absolute atomic E-state index is 0.0117. The molecule has 1 amide bonds. The van der Waals surface area contributed by atoms with Crippen LogP contribution in [0.25, 0.3) is 0 Å². The number of hydrogen-bond donors (Lipinski definition) is 1. The first-order valence-corrected chi connectivity index (χ1v) is 12.4.